The van der Waals surface area contributed by atoms with E-state index in [0.29, 0.717) is 0 Å². The Bertz CT molecular complexity index is 76.4. The van der Waals surface area contributed by atoms with E-state index in [9.17, 15) is 0 Å². The average Bonchev–Trinajstić information content (AvgIpc) is 2.12. The van der Waals surface area contributed by atoms with Crippen molar-refractivity contribution in [1.29, 1.82) is 0 Å². The topological polar surface area (TPSA) is 12.0 Å². The summed E-state index contributed by atoms with van der Waals surface area (Å²) in [5.41, 5.74) is 0. The molecule has 46 valence electrons. The summed E-state index contributed by atoms with van der Waals surface area (Å²) in [5, 5.41) is 3.59. The van der Waals surface area contributed by atoms with Gasteiger partial charge in [-0.25, -0.2) is 0 Å². The first-order valence-electron chi connectivity index (χ1n) is 3.71. The monoisotopic (exact) mass is 111 g/mol. The molecule has 0 saturated carbocycles. The summed E-state index contributed by atoms with van der Waals surface area (Å²) >= 11 is 0. The Kier molecular flexibility index (Phi) is 1.04. The van der Waals surface area contributed by atoms with Crippen LogP contribution in [0.25, 0.3) is 0 Å². The van der Waals surface area contributed by atoms with Crippen LogP contribution in [0.15, 0.2) is 0 Å². The highest BCUT2D eigenvalue weighted by molar-refractivity contribution is 4.87. The maximum Gasteiger partial charge on any atom is 0.00702 e. The molecule has 0 spiro atoms. The van der Waals surface area contributed by atoms with Crippen LogP contribution in [0.1, 0.15) is 32.1 Å². The van der Waals surface area contributed by atoms with Gasteiger partial charge in [-0.1, -0.05) is 6.42 Å². The molecule has 1 nitrogen and oxygen atoms in total. The van der Waals surface area contributed by atoms with E-state index in [4.69, 9.17) is 0 Å². The molecule has 2 bridgehead atoms. The summed E-state index contributed by atoms with van der Waals surface area (Å²) < 4.78 is 0. The van der Waals surface area contributed by atoms with Crippen molar-refractivity contribution < 1.29 is 0 Å². The first kappa shape index (κ1) is 4.80. The molecule has 0 unspecified atom stereocenters. The van der Waals surface area contributed by atoms with Gasteiger partial charge in [0.15, 0.2) is 0 Å². The van der Waals surface area contributed by atoms with E-state index in [1.165, 1.54) is 32.1 Å². The molecule has 2 heterocycles. The zero-order chi connectivity index (χ0) is 5.40. The maximum absolute atomic E-state index is 3.59. The molecule has 1 heteroatoms. The molecule has 2 fully saturated rings. The standard InChI is InChI=1S/C7H13N/c1-2-6-4-5-7(3-1)8-6/h6-8H,1-5H2/t6-,7+. The Morgan fingerprint density at radius 1 is 0.875 bits per heavy atom. The van der Waals surface area contributed by atoms with Gasteiger partial charge in [-0.15, -0.1) is 0 Å². The Labute approximate surface area is 50.5 Å². The lowest BCUT2D eigenvalue weighted by atomic mass is 10.1. The summed E-state index contributed by atoms with van der Waals surface area (Å²) in [5.74, 6) is 0. The normalized spacial score (nSPS) is 45.0. The predicted molar refractivity (Wildman–Crippen MR) is 33.8 cm³/mol. The molecule has 0 amide bonds. The largest absolute Gasteiger partial charge is 0.311 e. The quantitative estimate of drug-likeness (QED) is 0.496. The Morgan fingerprint density at radius 2 is 1.50 bits per heavy atom. The molecule has 0 aliphatic carbocycles. The Morgan fingerprint density at radius 3 is 2.00 bits per heavy atom. The van der Waals surface area contributed by atoms with Gasteiger partial charge in [-0.3, -0.25) is 0 Å². The summed E-state index contributed by atoms with van der Waals surface area (Å²) in [7, 11) is 0. The second-order valence-electron chi connectivity index (χ2n) is 3.07. The van der Waals surface area contributed by atoms with Crippen molar-refractivity contribution in [3.8, 4) is 0 Å². The second kappa shape index (κ2) is 1.73. The van der Waals surface area contributed by atoms with E-state index >= 15 is 0 Å². The van der Waals surface area contributed by atoms with E-state index in [1.807, 2.05) is 0 Å². The third-order valence-corrected chi connectivity index (χ3v) is 2.44. The average molecular weight is 111 g/mol. The van der Waals surface area contributed by atoms with Gasteiger partial charge in [0.1, 0.15) is 0 Å². The van der Waals surface area contributed by atoms with E-state index in [-0.39, 0.29) is 0 Å². The van der Waals surface area contributed by atoms with Crippen LogP contribution in [-0.4, -0.2) is 12.1 Å². The SMILES string of the molecule is C1C[C@@H]2CC[C@H](C1)N2. The Balaban J connectivity index is 2.03. The van der Waals surface area contributed by atoms with E-state index < -0.39 is 0 Å². The van der Waals surface area contributed by atoms with Gasteiger partial charge in [-0.2, -0.15) is 0 Å². The minimum absolute atomic E-state index is 0.911. The summed E-state index contributed by atoms with van der Waals surface area (Å²) in [6, 6.07) is 1.82. The van der Waals surface area contributed by atoms with Crippen LogP contribution in [0.2, 0.25) is 0 Å². The maximum atomic E-state index is 3.59. The van der Waals surface area contributed by atoms with E-state index in [0.717, 1.165) is 12.1 Å². The van der Waals surface area contributed by atoms with Gasteiger partial charge in [0.25, 0.3) is 0 Å². The third kappa shape index (κ3) is 0.655. The molecule has 2 aliphatic heterocycles. The van der Waals surface area contributed by atoms with Gasteiger partial charge in [-0.05, 0) is 25.7 Å². The fourth-order valence-corrected chi connectivity index (χ4v) is 1.97. The molecular formula is C7H13N. The molecule has 0 aromatic carbocycles. The highest BCUT2D eigenvalue weighted by Crippen LogP contribution is 2.25. The lowest BCUT2D eigenvalue weighted by Crippen LogP contribution is -2.33. The first-order valence-corrected chi connectivity index (χ1v) is 3.71. The van der Waals surface area contributed by atoms with Gasteiger partial charge in [0.05, 0.1) is 0 Å². The highest BCUT2D eigenvalue weighted by atomic mass is 15.0. The molecule has 1 N–H and O–H groups in total. The van der Waals surface area contributed by atoms with Gasteiger partial charge in [0, 0.05) is 12.1 Å². The molecule has 0 aromatic heterocycles. The van der Waals surface area contributed by atoms with Crippen LogP contribution in [-0.2, 0) is 0 Å². The lowest BCUT2D eigenvalue weighted by Gasteiger charge is -2.19. The highest BCUT2D eigenvalue weighted by Gasteiger charge is 2.26. The molecule has 2 aliphatic rings. The summed E-state index contributed by atoms with van der Waals surface area (Å²) in [4.78, 5) is 0. The van der Waals surface area contributed by atoms with Crippen LogP contribution in [0.3, 0.4) is 0 Å². The molecule has 2 atom stereocenters. The van der Waals surface area contributed by atoms with Crippen LogP contribution in [0.5, 0.6) is 0 Å². The molecule has 2 rings (SSSR count). The first-order chi connectivity index (χ1) is 3.95. The molecule has 0 aromatic rings. The second-order valence-corrected chi connectivity index (χ2v) is 3.07. The lowest BCUT2D eigenvalue weighted by molar-refractivity contribution is 0.406. The van der Waals surface area contributed by atoms with Crippen molar-refractivity contribution in [2.24, 2.45) is 0 Å². The van der Waals surface area contributed by atoms with Crippen molar-refractivity contribution in [1.82, 2.24) is 5.32 Å². The minimum Gasteiger partial charge on any atom is -0.311 e. The van der Waals surface area contributed by atoms with Crippen molar-refractivity contribution >= 4 is 0 Å². The number of nitrogens with one attached hydrogen (secondary N) is 1. The number of hydrogen-bond acceptors (Lipinski definition) is 1. The van der Waals surface area contributed by atoms with Crippen molar-refractivity contribution in [2.75, 3.05) is 0 Å². The van der Waals surface area contributed by atoms with Crippen molar-refractivity contribution in [3.05, 3.63) is 0 Å². The van der Waals surface area contributed by atoms with Crippen molar-refractivity contribution in [2.45, 2.75) is 44.2 Å². The number of hydrogen-bond donors (Lipinski definition) is 1. The van der Waals surface area contributed by atoms with Crippen LogP contribution in [0.4, 0.5) is 0 Å². The van der Waals surface area contributed by atoms with Crippen LogP contribution in [0, 0.1) is 0 Å². The fraction of sp³-hybridized carbons (Fsp3) is 1.00. The van der Waals surface area contributed by atoms with Crippen molar-refractivity contribution in [3.63, 3.8) is 0 Å². The van der Waals surface area contributed by atoms with Gasteiger partial charge >= 0.3 is 0 Å². The third-order valence-electron chi connectivity index (χ3n) is 2.44. The number of rotatable bonds is 0. The Hall–Kier alpha value is -0.0400. The van der Waals surface area contributed by atoms with Crippen LogP contribution >= 0.6 is 0 Å². The van der Waals surface area contributed by atoms with Gasteiger partial charge in [0.2, 0.25) is 0 Å². The molecular weight excluding hydrogens is 98.1 g/mol. The smallest absolute Gasteiger partial charge is 0.00702 e. The molecule has 0 radical (unpaired) electrons. The zero-order valence-corrected chi connectivity index (χ0v) is 5.19. The number of piperidine rings is 1. The predicted octanol–water partition coefficient (Wildman–Crippen LogP) is 1.29. The van der Waals surface area contributed by atoms with Gasteiger partial charge < -0.3 is 5.32 Å². The summed E-state index contributed by atoms with van der Waals surface area (Å²) in [6.07, 6.45) is 7.25. The zero-order valence-electron chi connectivity index (χ0n) is 5.19. The fourth-order valence-electron chi connectivity index (χ4n) is 1.97. The molecule has 2 saturated heterocycles. The van der Waals surface area contributed by atoms with E-state index in [1.54, 1.807) is 0 Å². The molecule has 8 heavy (non-hydrogen) atoms. The number of fused-ring (bicyclic) bond motifs is 2. The van der Waals surface area contributed by atoms with Crippen LogP contribution < -0.4 is 5.32 Å². The van der Waals surface area contributed by atoms with E-state index in [2.05, 4.69) is 5.32 Å². The minimum atomic E-state index is 0.911. The summed E-state index contributed by atoms with van der Waals surface area (Å²) in [6.45, 7) is 0.